The van der Waals surface area contributed by atoms with Gasteiger partial charge in [0.05, 0.1) is 0 Å². The molecule has 0 amide bonds. The van der Waals surface area contributed by atoms with Crippen LogP contribution in [0.25, 0.3) is 6.08 Å². The third-order valence-corrected chi connectivity index (χ3v) is 2.71. The van der Waals surface area contributed by atoms with Crippen molar-refractivity contribution in [2.24, 2.45) is 0 Å². The lowest BCUT2D eigenvalue weighted by atomic mass is 9.80. The van der Waals surface area contributed by atoms with Gasteiger partial charge in [-0.2, -0.15) is 0 Å². The van der Waals surface area contributed by atoms with Crippen molar-refractivity contribution < 1.29 is 19.2 Å². The molecule has 0 fully saturated rings. The Bertz CT molecular complexity index is 585. The van der Waals surface area contributed by atoms with E-state index in [2.05, 4.69) is 0 Å². The van der Waals surface area contributed by atoms with Gasteiger partial charge in [0.15, 0.2) is 0 Å². The first-order chi connectivity index (χ1) is 9.66. The van der Waals surface area contributed by atoms with Crippen LogP contribution in [0.2, 0.25) is 0 Å². The molecule has 0 aromatic heterocycles. The highest BCUT2D eigenvalue weighted by atomic mass is 19.1. The molecule has 0 radical (unpaired) electrons. The van der Waals surface area contributed by atoms with Crippen LogP contribution in [0.15, 0.2) is 54.6 Å². The predicted molar refractivity (Wildman–Crippen MR) is 77.2 cm³/mol. The summed E-state index contributed by atoms with van der Waals surface area (Å²) in [5.41, 5.74) is 0.887. The number of benzene rings is 2. The second-order valence-electron chi connectivity index (χ2n) is 4.18. The Morgan fingerprint density at radius 2 is 1.85 bits per heavy atom. The molecule has 0 spiro atoms. The minimum atomic E-state index is -1.82. The number of rotatable bonds is 5. The zero-order valence-electron chi connectivity index (χ0n) is 10.7. The van der Waals surface area contributed by atoms with Gasteiger partial charge in [0.1, 0.15) is 18.2 Å². The molecule has 0 bridgehead atoms. The standard InChI is InChI=1S/C15H14BFO3/c17-15-11-13(8-9-14(15)16(18)19)20-10-4-7-12-5-2-1-3-6-12/h1-9,11,18-19H,10H2. The van der Waals surface area contributed by atoms with Gasteiger partial charge in [-0.3, -0.25) is 0 Å². The summed E-state index contributed by atoms with van der Waals surface area (Å²) >= 11 is 0. The third kappa shape index (κ3) is 3.95. The lowest BCUT2D eigenvalue weighted by Crippen LogP contribution is -2.32. The van der Waals surface area contributed by atoms with E-state index in [0.29, 0.717) is 12.4 Å². The molecule has 3 nitrogen and oxygen atoms in total. The molecule has 0 aliphatic rings. The fourth-order valence-corrected chi connectivity index (χ4v) is 1.70. The van der Waals surface area contributed by atoms with Crippen molar-refractivity contribution in [2.45, 2.75) is 0 Å². The van der Waals surface area contributed by atoms with Gasteiger partial charge in [-0.25, -0.2) is 4.39 Å². The molecule has 2 N–H and O–H groups in total. The lowest BCUT2D eigenvalue weighted by Gasteiger charge is -2.06. The number of ether oxygens (including phenoxy) is 1. The Labute approximate surface area is 117 Å². The number of hydrogen-bond donors (Lipinski definition) is 2. The Morgan fingerprint density at radius 1 is 1.10 bits per heavy atom. The molecule has 0 heterocycles. The molecule has 20 heavy (non-hydrogen) atoms. The zero-order chi connectivity index (χ0) is 14.4. The summed E-state index contributed by atoms with van der Waals surface area (Å²) in [6, 6.07) is 13.7. The van der Waals surface area contributed by atoms with Gasteiger partial charge in [0.25, 0.3) is 0 Å². The van der Waals surface area contributed by atoms with Gasteiger partial charge in [-0.15, -0.1) is 0 Å². The quantitative estimate of drug-likeness (QED) is 0.813. The Balaban J connectivity index is 1.92. The first-order valence-electron chi connectivity index (χ1n) is 6.17. The second kappa shape index (κ2) is 6.89. The molecule has 0 saturated carbocycles. The number of hydrogen-bond acceptors (Lipinski definition) is 3. The molecule has 0 aliphatic heterocycles. The first-order valence-corrected chi connectivity index (χ1v) is 6.17. The molecule has 0 unspecified atom stereocenters. The van der Waals surface area contributed by atoms with Crippen molar-refractivity contribution in [1.29, 1.82) is 0 Å². The SMILES string of the molecule is OB(O)c1ccc(OCC=Cc2ccccc2)cc1F. The van der Waals surface area contributed by atoms with Crippen LogP contribution < -0.4 is 10.2 Å². The molecule has 102 valence electrons. The van der Waals surface area contributed by atoms with Crippen molar-refractivity contribution in [3.05, 3.63) is 66.0 Å². The van der Waals surface area contributed by atoms with Gasteiger partial charge >= 0.3 is 7.12 Å². The summed E-state index contributed by atoms with van der Waals surface area (Å²) in [6.07, 6.45) is 3.73. The molecule has 0 atom stereocenters. The van der Waals surface area contributed by atoms with Crippen LogP contribution in [0.4, 0.5) is 4.39 Å². The van der Waals surface area contributed by atoms with E-state index in [9.17, 15) is 4.39 Å². The van der Waals surface area contributed by atoms with E-state index >= 15 is 0 Å². The highest BCUT2D eigenvalue weighted by Gasteiger charge is 2.16. The van der Waals surface area contributed by atoms with E-state index < -0.39 is 12.9 Å². The van der Waals surface area contributed by atoms with Gasteiger partial charge in [0.2, 0.25) is 0 Å². The van der Waals surface area contributed by atoms with E-state index in [0.717, 1.165) is 11.6 Å². The normalized spacial score (nSPS) is 10.8. The van der Waals surface area contributed by atoms with E-state index in [4.69, 9.17) is 14.8 Å². The van der Waals surface area contributed by atoms with Crippen LogP contribution in [0, 0.1) is 5.82 Å². The summed E-state index contributed by atoms with van der Waals surface area (Å²) in [5.74, 6) is -0.367. The molecule has 2 aromatic rings. The maximum Gasteiger partial charge on any atom is 0.491 e. The van der Waals surface area contributed by atoms with Crippen LogP contribution in [-0.4, -0.2) is 23.8 Å². The van der Waals surface area contributed by atoms with Gasteiger partial charge in [-0.05, 0) is 17.7 Å². The summed E-state index contributed by atoms with van der Waals surface area (Å²) in [5, 5.41) is 17.8. The average Bonchev–Trinajstić information content (AvgIpc) is 2.44. The third-order valence-electron chi connectivity index (χ3n) is 2.71. The Kier molecular flexibility index (Phi) is 4.93. The second-order valence-corrected chi connectivity index (χ2v) is 4.18. The molecular formula is C15H14BFO3. The van der Waals surface area contributed by atoms with E-state index in [-0.39, 0.29) is 5.46 Å². The molecule has 2 aromatic carbocycles. The summed E-state index contributed by atoms with van der Waals surface area (Å²) < 4.78 is 18.8. The topological polar surface area (TPSA) is 49.7 Å². The van der Waals surface area contributed by atoms with Crippen molar-refractivity contribution in [1.82, 2.24) is 0 Å². The predicted octanol–water partition coefficient (Wildman–Crippen LogP) is 1.60. The summed E-state index contributed by atoms with van der Waals surface area (Å²) in [6.45, 7) is 0.301. The average molecular weight is 272 g/mol. The highest BCUT2D eigenvalue weighted by molar-refractivity contribution is 6.58. The van der Waals surface area contributed by atoms with Crippen LogP contribution >= 0.6 is 0 Å². The van der Waals surface area contributed by atoms with Gasteiger partial charge in [-0.1, -0.05) is 42.5 Å². The van der Waals surface area contributed by atoms with Crippen LogP contribution in [0.5, 0.6) is 5.75 Å². The fraction of sp³-hybridized carbons (Fsp3) is 0.0667. The molecule has 5 heteroatoms. The van der Waals surface area contributed by atoms with E-state index in [1.165, 1.54) is 12.1 Å². The monoisotopic (exact) mass is 272 g/mol. The smallest absolute Gasteiger partial charge is 0.489 e. The minimum Gasteiger partial charge on any atom is -0.489 e. The van der Waals surface area contributed by atoms with Crippen LogP contribution in [0.3, 0.4) is 0 Å². The molecular weight excluding hydrogens is 258 g/mol. The van der Waals surface area contributed by atoms with Crippen molar-refractivity contribution in [3.8, 4) is 5.75 Å². The van der Waals surface area contributed by atoms with Crippen molar-refractivity contribution in [3.63, 3.8) is 0 Å². The van der Waals surface area contributed by atoms with Crippen LogP contribution in [0.1, 0.15) is 5.56 Å². The largest absolute Gasteiger partial charge is 0.491 e. The van der Waals surface area contributed by atoms with Crippen molar-refractivity contribution in [2.75, 3.05) is 6.61 Å². The maximum absolute atomic E-state index is 13.5. The fourth-order valence-electron chi connectivity index (χ4n) is 1.70. The Morgan fingerprint density at radius 3 is 2.50 bits per heavy atom. The van der Waals surface area contributed by atoms with Crippen LogP contribution in [-0.2, 0) is 0 Å². The number of halogens is 1. The Hall–Kier alpha value is -2.11. The van der Waals surface area contributed by atoms with E-state index in [1.807, 2.05) is 42.5 Å². The summed E-state index contributed by atoms with van der Waals surface area (Å²) in [4.78, 5) is 0. The lowest BCUT2D eigenvalue weighted by molar-refractivity contribution is 0.361. The minimum absolute atomic E-state index is 0.169. The highest BCUT2D eigenvalue weighted by Crippen LogP contribution is 2.11. The first kappa shape index (κ1) is 14.3. The van der Waals surface area contributed by atoms with Crippen molar-refractivity contribution >= 4 is 18.7 Å². The molecule has 2 rings (SSSR count). The zero-order valence-corrected chi connectivity index (χ0v) is 10.7. The van der Waals surface area contributed by atoms with Gasteiger partial charge in [0, 0.05) is 11.5 Å². The summed E-state index contributed by atoms with van der Waals surface area (Å²) in [7, 11) is -1.82. The molecule has 0 saturated heterocycles. The van der Waals surface area contributed by atoms with Gasteiger partial charge < -0.3 is 14.8 Å². The molecule has 0 aliphatic carbocycles. The maximum atomic E-state index is 13.5. The van der Waals surface area contributed by atoms with E-state index in [1.54, 1.807) is 0 Å².